The third kappa shape index (κ3) is 2.42. The summed E-state index contributed by atoms with van der Waals surface area (Å²) in [5.41, 5.74) is 1.03. The van der Waals surface area contributed by atoms with E-state index in [0.29, 0.717) is 0 Å². The lowest BCUT2D eigenvalue weighted by Crippen LogP contribution is -1.90. The van der Waals surface area contributed by atoms with Crippen molar-refractivity contribution in [3.8, 4) is 0 Å². The Kier molecular flexibility index (Phi) is 3.25. The van der Waals surface area contributed by atoms with Gasteiger partial charge in [0.05, 0.1) is 10.3 Å². The Balaban J connectivity index is 2.87. The number of rotatable bonds is 3. The molecule has 70 valence electrons. The molecule has 0 N–H and O–H groups in total. The first-order chi connectivity index (χ1) is 6.15. The maximum atomic E-state index is 10.3. The van der Waals surface area contributed by atoms with E-state index in [0.717, 1.165) is 12.0 Å². The largest absolute Gasteiger partial charge is 0.269 e. The van der Waals surface area contributed by atoms with E-state index in [4.69, 9.17) is 11.6 Å². The third-order valence-electron chi connectivity index (χ3n) is 1.82. The topological polar surface area (TPSA) is 43.1 Å². The normalized spacial score (nSPS) is 12.5. The van der Waals surface area contributed by atoms with Gasteiger partial charge in [-0.3, -0.25) is 10.1 Å². The van der Waals surface area contributed by atoms with Crippen LogP contribution in [0.1, 0.15) is 24.3 Å². The molecule has 1 rings (SSSR count). The summed E-state index contributed by atoms with van der Waals surface area (Å²) in [5.74, 6) is 0. The highest BCUT2D eigenvalue weighted by Crippen LogP contribution is 2.25. The minimum atomic E-state index is -0.418. The zero-order valence-electron chi connectivity index (χ0n) is 7.24. The first-order valence-electron chi connectivity index (χ1n) is 4.03. The lowest BCUT2D eigenvalue weighted by atomic mass is 10.1. The van der Waals surface area contributed by atoms with Gasteiger partial charge in [-0.15, -0.1) is 11.6 Å². The summed E-state index contributed by atoms with van der Waals surface area (Å²) in [4.78, 5) is 9.91. The molecule has 0 spiro atoms. The quantitative estimate of drug-likeness (QED) is 0.426. The SMILES string of the molecule is CCC(Cl)c1ccc([N+](=O)[O-])cc1. The van der Waals surface area contributed by atoms with Crippen molar-refractivity contribution >= 4 is 17.3 Å². The molecule has 4 heteroatoms. The molecule has 0 radical (unpaired) electrons. The summed E-state index contributed by atoms with van der Waals surface area (Å²) in [5, 5.41) is 10.3. The lowest BCUT2D eigenvalue weighted by molar-refractivity contribution is -0.384. The molecule has 1 unspecified atom stereocenters. The second kappa shape index (κ2) is 4.23. The highest BCUT2D eigenvalue weighted by atomic mass is 35.5. The number of halogens is 1. The number of hydrogen-bond acceptors (Lipinski definition) is 2. The van der Waals surface area contributed by atoms with Crippen LogP contribution in [0.25, 0.3) is 0 Å². The first-order valence-corrected chi connectivity index (χ1v) is 4.47. The Morgan fingerprint density at radius 1 is 1.46 bits per heavy atom. The summed E-state index contributed by atoms with van der Waals surface area (Å²) < 4.78 is 0. The third-order valence-corrected chi connectivity index (χ3v) is 2.38. The second-order valence-corrected chi connectivity index (χ2v) is 3.25. The molecule has 0 aliphatic heterocycles. The van der Waals surface area contributed by atoms with E-state index in [9.17, 15) is 10.1 Å². The van der Waals surface area contributed by atoms with E-state index in [1.165, 1.54) is 12.1 Å². The molecule has 0 aromatic heterocycles. The van der Waals surface area contributed by atoms with Gasteiger partial charge < -0.3 is 0 Å². The van der Waals surface area contributed by atoms with Gasteiger partial charge in [0.1, 0.15) is 0 Å². The summed E-state index contributed by atoms with van der Waals surface area (Å²) in [6, 6.07) is 6.33. The van der Waals surface area contributed by atoms with E-state index in [1.807, 2.05) is 6.92 Å². The van der Waals surface area contributed by atoms with E-state index in [1.54, 1.807) is 12.1 Å². The van der Waals surface area contributed by atoms with Crippen molar-refractivity contribution in [2.45, 2.75) is 18.7 Å². The van der Waals surface area contributed by atoms with Gasteiger partial charge in [0.25, 0.3) is 5.69 Å². The Hall–Kier alpha value is -1.09. The number of nitro groups is 1. The fourth-order valence-electron chi connectivity index (χ4n) is 1.04. The van der Waals surface area contributed by atoms with Crippen LogP contribution in [0, 0.1) is 10.1 Å². The standard InChI is InChI=1S/C9H10ClNO2/c1-2-9(10)7-3-5-8(6-4-7)11(12)13/h3-6,9H,2H2,1H3. The van der Waals surface area contributed by atoms with Crippen LogP contribution in [-0.2, 0) is 0 Å². The zero-order chi connectivity index (χ0) is 9.84. The van der Waals surface area contributed by atoms with Crippen molar-refractivity contribution in [3.63, 3.8) is 0 Å². The maximum Gasteiger partial charge on any atom is 0.269 e. The Morgan fingerprint density at radius 2 is 2.00 bits per heavy atom. The average Bonchev–Trinajstić information content (AvgIpc) is 2.17. The smallest absolute Gasteiger partial charge is 0.258 e. The predicted molar refractivity (Wildman–Crippen MR) is 52.0 cm³/mol. The molecule has 13 heavy (non-hydrogen) atoms. The number of nitro benzene ring substituents is 1. The zero-order valence-corrected chi connectivity index (χ0v) is 7.99. The lowest BCUT2D eigenvalue weighted by Gasteiger charge is -2.04. The van der Waals surface area contributed by atoms with Gasteiger partial charge in [-0.1, -0.05) is 19.1 Å². The summed E-state index contributed by atoms with van der Waals surface area (Å²) >= 11 is 5.95. The summed E-state index contributed by atoms with van der Waals surface area (Å²) in [7, 11) is 0. The maximum absolute atomic E-state index is 10.3. The fourth-order valence-corrected chi connectivity index (χ4v) is 1.19. The van der Waals surface area contributed by atoms with Gasteiger partial charge in [0.15, 0.2) is 0 Å². The Bertz CT molecular complexity index is 297. The van der Waals surface area contributed by atoms with Crippen molar-refractivity contribution in [3.05, 3.63) is 39.9 Å². The van der Waals surface area contributed by atoms with Crippen LogP contribution in [0.4, 0.5) is 5.69 Å². The van der Waals surface area contributed by atoms with Gasteiger partial charge >= 0.3 is 0 Å². The van der Waals surface area contributed by atoms with Crippen molar-refractivity contribution < 1.29 is 4.92 Å². The van der Waals surface area contributed by atoms with E-state index >= 15 is 0 Å². The van der Waals surface area contributed by atoms with Gasteiger partial charge in [0, 0.05) is 12.1 Å². The van der Waals surface area contributed by atoms with Crippen LogP contribution in [0.3, 0.4) is 0 Å². The van der Waals surface area contributed by atoms with Gasteiger partial charge in [-0.05, 0) is 12.0 Å². The van der Waals surface area contributed by atoms with Crippen LogP contribution < -0.4 is 0 Å². The van der Waals surface area contributed by atoms with Gasteiger partial charge in [0.2, 0.25) is 0 Å². The minimum absolute atomic E-state index is 0.0548. The minimum Gasteiger partial charge on any atom is -0.258 e. The summed E-state index contributed by atoms with van der Waals surface area (Å²) in [6.45, 7) is 1.97. The molecular formula is C9H10ClNO2. The van der Waals surface area contributed by atoms with E-state index in [2.05, 4.69) is 0 Å². The number of benzene rings is 1. The van der Waals surface area contributed by atoms with E-state index < -0.39 is 4.92 Å². The molecule has 0 saturated heterocycles. The molecule has 3 nitrogen and oxygen atoms in total. The van der Waals surface area contributed by atoms with Crippen molar-refractivity contribution in [1.82, 2.24) is 0 Å². The summed E-state index contributed by atoms with van der Waals surface area (Å²) in [6.07, 6.45) is 0.819. The van der Waals surface area contributed by atoms with Crippen LogP contribution in [0.2, 0.25) is 0 Å². The van der Waals surface area contributed by atoms with Crippen LogP contribution >= 0.6 is 11.6 Å². The average molecular weight is 200 g/mol. The second-order valence-electron chi connectivity index (χ2n) is 2.72. The molecule has 0 aliphatic carbocycles. The first kappa shape index (κ1) is 9.99. The monoisotopic (exact) mass is 199 g/mol. The Morgan fingerprint density at radius 3 is 2.38 bits per heavy atom. The highest BCUT2D eigenvalue weighted by Gasteiger charge is 2.08. The number of alkyl halides is 1. The van der Waals surface area contributed by atoms with E-state index in [-0.39, 0.29) is 11.1 Å². The van der Waals surface area contributed by atoms with Crippen molar-refractivity contribution in [2.75, 3.05) is 0 Å². The van der Waals surface area contributed by atoms with Gasteiger partial charge in [-0.2, -0.15) is 0 Å². The fraction of sp³-hybridized carbons (Fsp3) is 0.333. The molecule has 0 aliphatic rings. The van der Waals surface area contributed by atoms with Crippen molar-refractivity contribution in [1.29, 1.82) is 0 Å². The predicted octanol–water partition coefficient (Wildman–Crippen LogP) is 3.28. The molecule has 0 heterocycles. The Labute approximate surface area is 81.5 Å². The van der Waals surface area contributed by atoms with Crippen molar-refractivity contribution in [2.24, 2.45) is 0 Å². The molecule has 1 atom stereocenters. The molecule has 0 bridgehead atoms. The molecular weight excluding hydrogens is 190 g/mol. The number of hydrogen-bond donors (Lipinski definition) is 0. The van der Waals surface area contributed by atoms with Crippen LogP contribution in [0.15, 0.2) is 24.3 Å². The van der Waals surface area contributed by atoms with Gasteiger partial charge in [-0.25, -0.2) is 0 Å². The molecule has 0 saturated carbocycles. The van der Waals surface area contributed by atoms with Crippen LogP contribution in [0.5, 0.6) is 0 Å². The molecule has 1 aromatic rings. The highest BCUT2D eigenvalue weighted by molar-refractivity contribution is 6.20. The number of nitrogens with zero attached hydrogens (tertiary/aromatic N) is 1. The molecule has 1 aromatic carbocycles. The van der Waals surface area contributed by atoms with Crippen LogP contribution in [-0.4, -0.2) is 4.92 Å². The molecule has 0 fully saturated rings. The number of non-ortho nitro benzene ring substituents is 1. The molecule has 0 amide bonds.